The molecule has 0 fully saturated rings. The largest absolute Gasteiger partial charge is 0.480 e. The van der Waals surface area contributed by atoms with E-state index in [1.165, 1.54) is 6.92 Å². The van der Waals surface area contributed by atoms with E-state index < -0.39 is 66.8 Å². The highest BCUT2D eigenvalue weighted by Crippen LogP contribution is 2.00. The van der Waals surface area contributed by atoms with Crippen LogP contribution in [0, 0.1) is 0 Å². The minimum absolute atomic E-state index is 0.00579. The molecule has 31 heavy (non-hydrogen) atoms. The molecule has 0 rings (SSSR count). The number of aliphatic hydroxyl groups excluding tert-OH is 1. The molecule has 0 aromatic rings. The molecule has 0 saturated carbocycles. The maximum absolute atomic E-state index is 12.3. The maximum atomic E-state index is 12.3. The number of carboxylic acids is 1. The van der Waals surface area contributed by atoms with Crippen molar-refractivity contribution >= 4 is 35.6 Å². The van der Waals surface area contributed by atoms with Gasteiger partial charge in [0.15, 0.2) is 5.96 Å². The standard InChI is InChI=1S/C16H30N8O7/c1-7(22-13(28)8(17)5-11(18)26)12(27)24-10(6-25)14(29)23-9(15(30)31)3-2-4-21-16(19)20/h7-10,25H,2-6,17H2,1H3,(H2,18,26)(H,22,28)(H,23,29)(H,24,27)(H,30,31)(H4,19,20,21). The molecule has 13 N–H and O–H groups in total. The SMILES string of the molecule is CC(NC(=O)C(N)CC(N)=O)C(=O)NC(CO)C(=O)NC(CCCN=C(N)N)C(=O)O. The molecule has 4 amide bonds. The van der Waals surface area contributed by atoms with Gasteiger partial charge in [-0.25, -0.2) is 4.79 Å². The van der Waals surface area contributed by atoms with E-state index in [1.807, 2.05) is 0 Å². The first-order valence-electron chi connectivity index (χ1n) is 9.23. The predicted molar refractivity (Wildman–Crippen MR) is 108 cm³/mol. The maximum Gasteiger partial charge on any atom is 0.326 e. The molecular formula is C16H30N8O7. The number of nitrogens with two attached hydrogens (primary N) is 4. The third-order valence-electron chi connectivity index (χ3n) is 3.89. The zero-order valence-electron chi connectivity index (χ0n) is 17.0. The van der Waals surface area contributed by atoms with E-state index in [1.54, 1.807) is 0 Å². The molecule has 15 nitrogen and oxygen atoms in total. The Morgan fingerprint density at radius 3 is 2.00 bits per heavy atom. The topological polar surface area (TPSA) is 278 Å². The van der Waals surface area contributed by atoms with Gasteiger partial charge in [0.05, 0.1) is 19.1 Å². The Labute approximate surface area is 178 Å². The Bertz CT molecular complexity index is 695. The van der Waals surface area contributed by atoms with Crippen molar-refractivity contribution in [2.75, 3.05) is 13.2 Å². The average molecular weight is 446 g/mol. The molecule has 0 radical (unpaired) electrons. The number of carbonyl (C=O) groups is 5. The molecule has 176 valence electrons. The fourth-order valence-corrected chi connectivity index (χ4v) is 2.22. The van der Waals surface area contributed by atoms with E-state index in [9.17, 15) is 34.2 Å². The van der Waals surface area contributed by atoms with E-state index >= 15 is 0 Å². The Morgan fingerprint density at radius 1 is 0.935 bits per heavy atom. The summed E-state index contributed by atoms with van der Waals surface area (Å²) in [5.74, 6) is -4.91. The summed E-state index contributed by atoms with van der Waals surface area (Å²) in [6.07, 6.45) is -0.185. The van der Waals surface area contributed by atoms with Crippen LogP contribution < -0.4 is 38.9 Å². The van der Waals surface area contributed by atoms with Crippen LogP contribution in [-0.4, -0.2) is 83.1 Å². The first kappa shape index (κ1) is 27.5. The van der Waals surface area contributed by atoms with Gasteiger partial charge in [-0.3, -0.25) is 24.2 Å². The zero-order valence-corrected chi connectivity index (χ0v) is 17.0. The number of primary amides is 1. The first-order valence-corrected chi connectivity index (χ1v) is 9.23. The molecule has 0 bridgehead atoms. The second-order valence-electron chi connectivity index (χ2n) is 6.60. The number of carbonyl (C=O) groups excluding carboxylic acids is 4. The summed E-state index contributed by atoms with van der Waals surface area (Å²) >= 11 is 0. The summed E-state index contributed by atoms with van der Waals surface area (Å²) in [7, 11) is 0. The van der Waals surface area contributed by atoms with Crippen LogP contribution in [0.5, 0.6) is 0 Å². The molecular weight excluding hydrogens is 416 g/mol. The number of carboxylic acid groups (broad SMARTS) is 1. The minimum Gasteiger partial charge on any atom is -0.480 e. The van der Waals surface area contributed by atoms with Gasteiger partial charge in [0.25, 0.3) is 0 Å². The number of aliphatic imine (C=N–C) groups is 1. The molecule has 0 spiro atoms. The van der Waals surface area contributed by atoms with Crippen LogP contribution in [0.25, 0.3) is 0 Å². The van der Waals surface area contributed by atoms with Crippen LogP contribution in [0.2, 0.25) is 0 Å². The van der Waals surface area contributed by atoms with Gasteiger partial charge in [0, 0.05) is 6.54 Å². The van der Waals surface area contributed by atoms with Crippen LogP contribution in [0.15, 0.2) is 4.99 Å². The van der Waals surface area contributed by atoms with E-state index in [4.69, 9.17) is 22.9 Å². The van der Waals surface area contributed by atoms with E-state index in [0.717, 1.165) is 0 Å². The van der Waals surface area contributed by atoms with E-state index in [0.29, 0.717) is 0 Å². The summed E-state index contributed by atoms with van der Waals surface area (Å²) in [4.78, 5) is 62.1. The quantitative estimate of drug-likeness (QED) is 0.0694. The van der Waals surface area contributed by atoms with Gasteiger partial charge in [-0.15, -0.1) is 0 Å². The highest BCUT2D eigenvalue weighted by molar-refractivity contribution is 5.94. The predicted octanol–water partition coefficient (Wildman–Crippen LogP) is -5.21. The Hall–Kier alpha value is -3.46. The lowest BCUT2D eigenvalue weighted by molar-refractivity contribution is -0.142. The molecule has 0 aromatic carbocycles. The van der Waals surface area contributed by atoms with Gasteiger partial charge in [0.1, 0.15) is 18.1 Å². The Kier molecular flexibility index (Phi) is 12.2. The number of rotatable bonds is 14. The molecule has 15 heteroatoms. The number of hydrogen-bond acceptors (Lipinski definition) is 8. The number of aliphatic carboxylic acids is 1. The van der Waals surface area contributed by atoms with Crippen molar-refractivity contribution in [3.8, 4) is 0 Å². The second-order valence-corrected chi connectivity index (χ2v) is 6.60. The van der Waals surface area contributed by atoms with Gasteiger partial charge < -0.3 is 49.1 Å². The molecule has 0 aliphatic rings. The smallest absolute Gasteiger partial charge is 0.326 e. The monoisotopic (exact) mass is 446 g/mol. The van der Waals surface area contributed by atoms with Crippen molar-refractivity contribution in [1.82, 2.24) is 16.0 Å². The van der Waals surface area contributed by atoms with Crippen LogP contribution >= 0.6 is 0 Å². The highest BCUT2D eigenvalue weighted by Gasteiger charge is 2.28. The van der Waals surface area contributed by atoms with Gasteiger partial charge in [-0.1, -0.05) is 0 Å². The van der Waals surface area contributed by atoms with Gasteiger partial charge in [-0.2, -0.15) is 0 Å². The normalized spacial score (nSPS) is 14.3. The van der Waals surface area contributed by atoms with E-state index in [-0.39, 0.29) is 25.3 Å². The lowest BCUT2D eigenvalue weighted by Gasteiger charge is -2.22. The number of guanidine groups is 1. The molecule has 0 heterocycles. The molecule has 0 saturated heterocycles. The van der Waals surface area contributed by atoms with Crippen molar-refractivity contribution in [2.45, 2.75) is 50.4 Å². The lowest BCUT2D eigenvalue weighted by Crippen LogP contribution is -2.57. The fourth-order valence-electron chi connectivity index (χ4n) is 2.22. The van der Waals surface area contributed by atoms with Crippen molar-refractivity contribution in [3.05, 3.63) is 0 Å². The Morgan fingerprint density at radius 2 is 1.52 bits per heavy atom. The first-order chi connectivity index (χ1) is 14.4. The number of nitrogens with one attached hydrogen (secondary N) is 3. The molecule has 4 atom stereocenters. The molecule has 4 unspecified atom stereocenters. The fraction of sp³-hybridized carbons (Fsp3) is 0.625. The minimum atomic E-state index is -1.48. The number of aliphatic hydroxyl groups is 1. The average Bonchev–Trinajstić information content (AvgIpc) is 2.66. The third-order valence-corrected chi connectivity index (χ3v) is 3.89. The summed E-state index contributed by atoms with van der Waals surface area (Å²) in [5, 5.41) is 25.2. The number of amides is 4. The summed E-state index contributed by atoms with van der Waals surface area (Å²) in [5.41, 5.74) is 20.7. The number of nitrogens with zero attached hydrogens (tertiary/aromatic N) is 1. The van der Waals surface area contributed by atoms with Gasteiger partial charge >= 0.3 is 5.97 Å². The van der Waals surface area contributed by atoms with Gasteiger partial charge in [0.2, 0.25) is 23.6 Å². The van der Waals surface area contributed by atoms with Crippen molar-refractivity contribution in [2.24, 2.45) is 27.9 Å². The summed E-state index contributed by atoms with van der Waals surface area (Å²) in [6, 6.07) is -5.23. The van der Waals surface area contributed by atoms with Crippen LogP contribution in [0.1, 0.15) is 26.2 Å². The van der Waals surface area contributed by atoms with Crippen LogP contribution in [0.4, 0.5) is 0 Å². The zero-order chi connectivity index (χ0) is 24.1. The van der Waals surface area contributed by atoms with Crippen molar-refractivity contribution in [3.63, 3.8) is 0 Å². The second kappa shape index (κ2) is 13.7. The van der Waals surface area contributed by atoms with Crippen molar-refractivity contribution < 1.29 is 34.2 Å². The van der Waals surface area contributed by atoms with Crippen molar-refractivity contribution in [1.29, 1.82) is 0 Å². The molecule has 0 aromatic heterocycles. The van der Waals surface area contributed by atoms with Gasteiger partial charge in [-0.05, 0) is 19.8 Å². The highest BCUT2D eigenvalue weighted by atomic mass is 16.4. The molecule has 0 aliphatic carbocycles. The van der Waals surface area contributed by atoms with E-state index in [2.05, 4.69) is 20.9 Å². The summed E-state index contributed by atoms with van der Waals surface area (Å²) < 4.78 is 0. The third kappa shape index (κ3) is 11.3. The lowest BCUT2D eigenvalue weighted by atomic mass is 10.1. The molecule has 0 aliphatic heterocycles. The van der Waals surface area contributed by atoms with Crippen LogP contribution in [0.3, 0.4) is 0 Å². The van der Waals surface area contributed by atoms with Crippen LogP contribution in [-0.2, 0) is 24.0 Å². The number of hydrogen-bond donors (Lipinski definition) is 9. The summed E-state index contributed by atoms with van der Waals surface area (Å²) in [6.45, 7) is 0.595. The Balaban J connectivity index is 4.82.